The Balaban J connectivity index is 1.94. The van der Waals surface area contributed by atoms with E-state index in [0.29, 0.717) is 0 Å². The fraction of sp³-hybridized carbons (Fsp3) is 0.278. The predicted octanol–water partition coefficient (Wildman–Crippen LogP) is 2.29. The van der Waals surface area contributed by atoms with Gasteiger partial charge in [-0.3, -0.25) is 4.79 Å². The van der Waals surface area contributed by atoms with Gasteiger partial charge in [0, 0.05) is 12.7 Å². The highest BCUT2D eigenvalue weighted by atomic mass is 32.2. The SMILES string of the molecule is Cc1ccc(S(=O)(=O)CNC(=O)CN(C)c2cccc(C)c2)cc1. The molecule has 1 amide bonds. The van der Waals surface area contributed by atoms with Crippen LogP contribution in [0, 0.1) is 13.8 Å². The van der Waals surface area contributed by atoms with Crippen molar-refractivity contribution in [2.75, 3.05) is 24.4 Å². The second-order valence-electron chi connectivity index (χ2n) is 5.87. The fourth-order valence-corrected chi connectivity index (χ4v) is 3.30. The Kier molecular flexibility index (Phi) is 5.62. The maximum atomic E-state index is 12.2. The summed E-state index contributed by atoms with van der Waals surface area (Å²) in [5.41, 5.74) is 2.99. The van der Waals surface area contributed by atoms with Crippen LogP contribution in [0.5, 0.6) is 0 Å². The monoisotopic (exact) mass is 346 g/mol. The van der Waals surface area contributed by atoms with Gasteiger partial charge in [0.15, 0.2) is 9.84 Å². The first kappa shape index (κ1) is 18.0. The molecule has 0 spiro atoms. The van der Waals surface area contributed by atoms with Crippen LogP contribution in [0.4, 0.5) is 5.69 Å². The van der Waals surface area contributed by atoms with Crippen LogP contribution in [-0.2, 0) is 14.6 Å². The maximum Gasteiger partial charge on any atom is 0.240 e. The summed E-state index contributed by atoms with van der Waals surface area (Å²) in [5.74, 6) is -0.744. The first-order valence-electron chi connectivity index (χ1n) is 7.62. The molecule has 0 bridgehead atoms. The quantitative estimate of drug-likeness (QED) is 0.871. The molecule has 2 aromatic carbocycles. The van der Waals surface area contributed by atoms with Crippen molar-refractivity contribution < 1.29 is 13.2 Å². The molecule has 2 rings (SSSR count). The van der Waals surface area contributed by atoms with E-state index in [1.807, 2.05) is 38.1 Å². The van der Waals surface area contributed by atoms with Crippen LogP contribution in [0.15, 0.2) is 53.4 Å². The number of nitrogens with one attached hydrogen (secondary N) is 1. The molecule has 0 radical (unpaired) electrons. The van der Waals surface area contributed by atoms with E-state index >= 15 is 0 Å². The highest BCUT2D eigenvalue weighted by Crippen LogP contribution is 2.14. The molecule has 1 N–H and O–H groups in total. The molecule has 0 aliphatic rings. The number of sulfone groups is 1. The molecule has 0 aromatic heterocycles. The highest BCUT2D eigenvalue weighted by molar-refractivity contribution is 7.91. The van der Waals surface area contributed by atoms with Crippen LogP contribution < -0.4 is 10.2 Å². The van der Waals surface area contributed by atoms with Gasteiger partial charge >= 0.3 is 0 Å². The lowest BCUT2D eigenvalue weighted by molar-refractivity contribution is -0.119. The van der Waals surface area contributed by atoms with E-state index in [2.05, 4.69) is 5.32 Å². The zero-order chi connectivity index (χ0) is 17.7. The molecule has 24 heavy (non-hydrogen) atoms. The molecule has 0 aliphatic heterocycles. The summed E-state index contributed by atoms with van der Waals surface area (Å²) in [6.45, 7) is 3.96. The van der Waals surface area contributed by atoms with Crippen molar-refractivity contribution in [3.63, 3.8) is 0 Å². The lowest BCUT2D eigenvalue weighted by Gasteiger charge is -2.19. The van der Waals surface area contributed by atoms with Gasteiger partial charge in [0.05, 0.1) is 11.4 Å². The van der Waals surface area contributed by atoms with Gasteiger partial charge in [-0.1, -0.05) is 29.8 Å². The third-order valence-electron chi connectivity index (χ3n) is 3.66. The van der Waals surface area contributed by atoms with Crippen LogP contribution in [0.3, 0.4) is 0 Å². The Labute approximate surface area is 143 Å². The van der Waals surface area contributed by atoms with E-state index in [9.17, 15) is 13.2 Å². The Bertz CT molecular complexity index is 814. The smallest absolute Gasteiger partial charge is 0.240 e. The number of benzene rings is 2. The van der Waals surface area contributed by atoms with Crippen molar-refractivity contribution in [1.29, 1.82) is 0 Å². The summed E-state index contributed by atoms with van der Waals surface area (Å²) in [4.78, 5) is 14.0. The topological polar surface area (TPSA) is 66.5 Å². The Hall–Kier alpha value is -2.34. The van der Waals surface area contributed by atoms with E-state index in [0.717, 1.165) is 16.8 Å². The number of nitrogens with zero attached hydrogens (tertiary/aromatic N) is 1. The normalized spacial score (nSPS) is 11.1. The summed E-state index contributed by atoms with van der Waals surface area (Å²) >= 11 is 0. The number of carbonyl (C=O) groups is 1. The predicted molar refractivity (Wildman–Crippen MR) is 95.8 cm³/mol. The van der Waals surface area contributed by atoms with Crippen LogP contribution in [0.1, 0.15) is 11.1 Å². The highest BCUT2D eigenvalue weighted by Gasteiger charge is 2.16. The number of likely N-dealkylation sites (N-methyl/N-ethyl adjacent to an activating group) is 1. The number of rotatable bonds is 6. The standard InChI is InChI=1S/C18H22N2O3S/c1-14-7-9-17(10-8-14)24(22,23)13-19-18(21)12-20(3)16-6-4-5-15(2)11-16/h4-11H,12-13H2,1-3H3,(H,19,21). The Morgan fingerprint density at radius 3 is 2.33 bits per heavy atom. The van der Waals surface area contributed by atoms with Crippen LogP contribution in [-0.4, -0.2) is 33.8 Å². The van der Waals surface area contributed by atoms with Gasteiger partial charge in [-0.25, -0.2) is 8.42 Å². The maximum absolute atomic E-state index is 12.2. The number of hydrogen-bond acceptors (Lipinski definition) is 4. The molecule has 5 nitrogen and oxygen atoms in total. The van der Waals surface area contributed by atoms with Crippen LogP contribution in [0.25, 0.3) is 0 Å². The van der Waals surface area contributed by atoms with Crippen molar-refractivity contribution in [3.8, 4) is 0 Å². The van der Waals surface area contributed by atoms with Gasteiger partial charge in [-0.05, 0) is 43.7 Å². The zero-order valence-corrected chi connectivity index (χ0v) is 14.9. The number of carbonyl (C=O) groups excluding carboxylic acids is 1. The second kappa shape index (κ2) is 7.49. The van der Waals surface area contributed by atoms with Crippen molar-refractivity contribution in [2.24, 2.45) is 0 Å². The molecular weight excluding hydrogens is 324 g/mol. The molecule has 0 unspecified atom stereocenters. The Morgan fingerprint density at radius 1 is 1.04 bits per heavy atom. The van der Waals surface area contributed by atoms with Gasteiger partial charge in [0.2, 0.25) is 5.91 Å². The molecule has 0 saturated carbocycles. The van der Waals surface area contributed by atoms with Gasteiger partial charge in [0.1, 0.15) is 5.88 Å². The van der Waals surface area contributed by atoms with Crippen LogP contribution in [0.2, 0.25) is 0 Å². The third kappa shape index (κ3) is 4.83. The van der Waals surface area contributed by atoms with E-state index in [1.54, 1.807) is 36.2 Å². The van der Waals surface area contributed by atoms with E-state index in [1.165, 1.54) is 0 Å². The van der Waals surface area contributed by atoms with Gasteiger partial charge < -0.3 is 10.2 Å². The van der Waals surface area contributed by atoms with E-state index in [-0.39, 0.29) is 17.3 Å². The number of aryl methyl sites for hydroxylation is 2. The molecule has 128 valence electrons. The minimum Gasteiger partial charge on any atom is -0.365 e. The number of amides is 1. The van der Waals surface area contributed by atoms with Crippen molar-refractivity contribution in [3.05, 3.63) is 59.7 Å². The number of anilines is 1. The molecule has 0 saturated heterocycles. The summed E-state index contributed by atoms with van der Waals surface area (Å²) < 4.78 is 24.4. The first-order chi connectivity index (χ1) is 11.3. The van der Waals surface area contributed by atoms with Crippen molar-refractivity contribution >= 4 is 21.4 Å². The third-order valence-corrected chi connectivity index (χ3v) is 5.18. The molecule has 0 fully saturated rings. The van der Waals surface area contributed by atoms with Gasteiger partial charge in [-0.15, -0.1) is 0 Å². The van der Waals surface area contributed by atoms with E-state index in [4.69, 9.17) is 0 Å². The van der Waals surface area contributed by atoms with Crippen LogP contribution >= 0.6 is 0 Å². The lowest BCUT2D eigenvalue weighted by Crippen LogP contribution is -2.37. The minimum absolute atomic E-state index is 0.0901. The lowest BCUT2D eigenvalue weighted by atomic mass is 10.2. The van der Waals surface area contributed by atoms with E-state index < -0.39 is 15.7 Å². The summed E-state index contributed by atoms with van der Waals surface area (Å²) in [6.07, 6.45) is 0. The van der Waals surface area contributed by atoms with Crippen molar-refractivity contribution in [2.45, 2.75) is 18.7 Å². The molecule has 0 heterocycles. The molecule has 0 aliphatic carbocycles. The zero-order valence-electron chi connectivity index (χ0n) is 14.1. The molecular formula is C18H22N2O3S. The average molecular weight is 346 g/mol. The summed E-state index contributed by atoms with van der Waals surface area (Å²) in [6, 6.07) is 14.3. The molecule has 0 atom stereocenters. The second-order valence-corrected chi connectivity index (χ2v) is 7.86. The fourth-order valence-electron chi connectivity index (χ4n) is 2.23. The molecule has 2 aromatic rings. The summed E-state index contributed by atoms with van der Waals surface area (Å²) in [5, 5.41) is 2.48. The molecule has 6 heteroatoms. The summed E-state index contributed by atoms with van der Waals surface area (Å²) in [7, 11) is -1.74. The van der Waals surface area contributed by atoms with Crippen molar-refractivity contribution in [1.82, 2.24) is 5.32 Å². The Morgan fingerprint density at radius 2 is 1.71 bits per heavy atom. The van der Waals surface area contributed by atoms with Gasteiger partial charge in [-0.2, -0.15) is 0 Å². The minimum atomic E-state index is -3.53. The largest absolute Gasteiger partial charge is 0.365 e. The first-order valence-corrected chi connectivity index (χ1v) is 9.27. The average Bonchev–Trinajstić information content (AvgIpc) is 2.53. The number of hydrogen-bond donors (Lipinski definition) is 1. The van der Waals surface area contributed by atoms with Gasteiger partial charge in [0.25, 0.3) is 0 Å².